The van der Waals surface area contributed by atoms with Crippen molar-refractivity contribution in [2.24, 2.45) is 0 Å². The number of ether oxygens (including phenoxy) is 2. The zero-order valence-electron chi connectivity index (χ0n) is 18.4. The maximum Gasteiger partial charge on any atom is 0.338 e. The smallest absolute Gasteiger partial charge is 0.338 e. The van der Waals surface area contributed by atoms with E-state index in [1.807, 2.05) is 33.9 Å². The molecule has 7 nitrogen and oxygen atoms in total. The van der Waals surface area contributed by atoms with Crippen LogP contribution >= 0.6 is 0 Å². The first-order valence-electron chi connectivity index (χ1n) is 9.97. The standard InChI is InChI=1S/C22H32O7Si/c1-14(23)28-19-16(13-27-21(26)15-10-8-7-9-11-15)12-17(24)18(25)20(19)29-30(5,6)22(2,3)4/h7-12,17-20,24-25H,13H2,1-6H3/t17-,18-,19-,20-/m1/s1. The zero-order chi connectivity index (χ0) is 22.7. The fourth-order valence-electron chi connectivity index (χ4n) is 2.90. The quantitative estimate of drug-likeness (QED) is 0.402. The van der Waals surface area contributed by atoms with Gasteiger partial charge in [0.05, 0.1) is 5.56 Å². The van der Waals surface area contributed by atoms with Crippen molar-refractivity contribution >= 4 is 20.3 Å². The van der Waals surface area contributed by atoms with E-state index in [0.29, 0.717) is 11.1 Å². The molecule has 1 aliphatic carbocycles. The van der Waals surface area contributed by atoms with Crippen molar-refractivity contribution in [1.29, 1.82) is 0 Å². The fraction of sp³-hybridized carbons (Fsp3) is 0.545. The molecular weight excluding hydrogens is 404 g/mol. The van der Waals surface area contributed by atoms with Crippen LogP contribution in [0.5, 0.6) is 0 Å². The Hall–Kier alpha value is -2.00. The van der Waals surface area contributed by atoms with Gasteiger partial charge in [0.15, 0.2) is 14.4 Å². The van der Waals surface area contributed by atoms with Gasteiger partial charge in [0.2, 0.25) is 0 Å². The summed E-state index contributed by atoms with van der Waals surface area (Å²) in [6, 6.07) is 8.49. The third-order valence-electron chi connectivity index (χ3n) is 5.64. The molecule has 2 rings (SSSR count). The Morgan fingerprint density at radius 2 is 1.70 bits per heavy atom. The molecular formula is C22H32O7Si. The first-order chi connectivity index (χ1) is 13.8. The maximum absolute atomic E-state index is 12.3. The highest BCUT2D eigenvalue weighted by Gasteiger charge is 2.48. The van der Waals surface area contributed by atoms with E-state index in [4.69, 9.17) is 13.9 Å². The van der Waals surface area contributed by atoms with Gasteiger partial charge in [-0.15, -0.1) is 0 Å². The number of esters is 2. The summed E-state index contributed by atoms with van der Waals surface area (Å²) in [4.78, 5) is 24.1. The van der Waals surface area contributed by atoms with Gasteiger partial charge >= 0.3 is 11.9 Å². The van der Waals surface area contributed by atoms with Crippen LogP contribution in [-0.2, 0) is 18.7 Å². The molecule has 0 aromatic heterocycles. The summed E-state index contributed by atoms with van der Waals surface area (Å²) in [5.74, 6) is -1.10. The summed E-state index contributed by atoms with van der Waals surface area (Å²) in [5, 5.41) is 20.8. The fourth-order valence-corrected chi connectivity index (χ4v) is 4.20. The normalized spacial score (nSPS) is 24.7. The minimum atomic E-state index is -2.38. The number of carbonyl (C=O) groups is 2. The van der Waals surface area contributed by atoms with E-state index in [1.54, 1.807) is 30.3 Å². The molecule has 0 radical (unpaired) electrons. The molecule has 0 saturated carbocycles. The number of hydrogen-bond donors (Lipinski definition) is 2. The van der Waals surface area contributed by atoms with Crippen molar-refractivity contribution in [3.63, 3.8) is 0 Å². The lowest BCUT2D eigenvalue weighted by Crippen LogP contribution is -2.57. The van der Waals surface area contributed by atoms with Gasteiger partial charge in [-0.1, -0.05) is 39.0 Å². The Morgan fingerprint density at radius 3 is 2.23 bits per heavy atom. The summed E-state index contributed by atoms with van der Waals surface area (Å²) >= 11 is 0. The molecule has 0 heterocycles. The highest BCUT2D eigenvalue weighted by molar-refractivity contribution is 6.74. The monoisotopic (exact) mass is 436 g/mol. The number of aliphatic hydroxyl groups is 2. The van der Waals surface area contributed by atoms with E-state index in [-0.39, 0.29) is 11.6 Å². The predicted molar refractivity (Wildman–Crippen MR) is 114 cm³/mol. The molecule has 4 atom stereocenters. The third kappa shape index (κ3) is 5.78. The van der Waals surface area contributed by atoms with Crippen molar-refractivity contribution < 1.29 is 33.7 Å². The Bertz CT molecular complexity index is 782. The second-order valence-electron chi connectivity index (χ2n) is 9.04. The molecule has 2 N–H and O–H groups in total. The maximum atomic E-state index is 12.3. The van der Waals surface area contributed by atoms with E-state index < -0.39 is 44.7 Å². The Balaban J connectivity index is 2.27. The number of carbonyl (C=O) groups excluding carboxylic acids is 2. The molecule has 0 fully saturated rings. The minimum absolute atomic E-state index is 0.167. The number of rotatable bonds is 6. The number of aliphatic hydroxyl groups excluding tert-OH is 2. The summed E-state index contributed by atoms with van der Waals surface area (Å²) in [7, 11) is -2.38. The second-order valence-corrected chi connectivity index (χ2v) is 13.8. The molecule has 1 aromatic rings. The highest BCUT2D eigenvalue weighted by atomic mass is 28.4. The van der Waals surface area contributed by atoms with Gasteiger partial charge in [0.1, 0.15) is 24.9 Å². The van der Waals surface area contributed by atoms with E-state index in [9.17, 15) is 19.8 Å². The number of benzene rings is 1. The topological polar surface area (TPSA) is 102 Å². The summed E-state index contributed by atoms with van der Waals surface area (Å²) in [6.07, 6.45) is -3.10. The van der Waals surface area contributed by atoms with Crippen molar-refractivity contribution in [2.75, 3.05) is 6.61 Å². The lowest BCUT2D eigenvalue weighted by molar-refractivity contribution is -0.157. The first kappa shape index (κ1) is 24.3. The van der Waals surface area contributed by atoms with Crippen LogP contribution in [0, 0.1) is 0 Å². The van der Waals surface area contributed by atoms with Gasteiger partial charge in [0, 0.05) is 12.5 Å². The van der Waals surface area contributed by atoms with Crippen molar-refractivity contribution in [3.8, 4) is 0 Å². The molecule has 166 valence electrons. The van der Waals surface area contributed by atoms with Crippen LogP contribution < -0.4 is 0 Å². The van der Waals surface area contributed by atoms with E-state index in [1.165, 1.54) is 13.0 Å². The van der Waals surface area contributed by atoms with Crippen LogP contribution in [0.4, 0.5) is 0 Å². The molecule has 1 aromatic carbocycles. The first-order valence-corrected chi connectivity index (χ1v) is 12.9. The van der Waals surface area contributed by atoms with Crippen LogP contribution in [0.1, 0.15) is 38.1 Å². The van der Waals surface area contributed by atoms with Crippen LogP contribution in [0.2, 0.25) is 18.1 Å². The zero-order valence-corrected chi connectivity index (χ0v) is 19.4. The predicted octanol–water partition coefficient (Wildman–Crippen LogP) is 2.83. The van der Waals surface area contributed by atoms with Gasteiger partial charge in [-0.25, -0.2) is 4.79 Å². The van der Waals surface area contributed by atoms with Crippen molar-refractivity contribution in [1.82, 2.24) is 0 Å². The van der Waals surface area contributed by atoms with Crippen molar-refractivity contribution in [3.05, 3.63) is 47.5 Å². The van der Waals surface area contributed by atoms with E-state index >= 15 is 0 Å². The van der Waals surface area contributed by atoms with Gasteiger partial charge in [-0.3, -0.25) is 4.79 Å². The molecule has 0 spiro atoms. The minimum Gasteiger partial charge on any atom is -0.457 e. The lowest BCUT2D eigenvalue weighted by Gasteiger charge is -2.45. The Morgan fingerprint density at radius 1 is 1.10 bits per heavy atom. The summed E-state index contributed by atoms with van der Waals surface area (Å²) in [6.45, 7) is 11.2. The molecule has 30 heavy (non-hydrogen) atoms. The number of hydrogen-bond acceptors (Lipinski definition) is 7. The van der Waals surface area contributed by atoms with Crippen LogP contribution in [0.25, 0.3) is 0 Å². The molecule has 0 aliphatic heterocycles. The molecule has 0 saturated heterocycles. The van der Waals surface area contributed by atoms with Gasteiger partial charge < -0.3 is 24.1 Å². The molecule has 0 bridgehead atoms. The van der Waals surface area contributed by atoms with E-state index in [2.05, 4.69) is 0 Å². The summed E-state index contributed by atoms with van der Waals surface area (Å²) < 4.78 is 17.2. The second kappa shape index (κ2) is 9.43. The third-order valence-corrected chi connectivity index (χ3v) is 10.1. The van der Waals surface area contributed by atoms with Crippen LogP contribution in [-0.4, -0.2) is 61.5 Å². The highest BCUT2D eigenvalue weighted by Crippen LogP contribution is 2.40. The molecule has 1 aliphatic rings. The SMILES string of the molecule is CC(=O)O[C@@H]1C(COC(=O)c2ccccc2)=C[C@@H](O)[C@@H](O)[C@H]1O[Si](C)(C)C(C)(C)C. The lowest BCUT2D eigenvalue weighted by atomic mass is 9.89. The van der Waals surface area contributed by atoms with Gasteiger partial charge in [0.25, 0.3) is 0 Å². The average molecular weight is 437 g/mol. The van der Waals surface area contributed by atoms with Crippen LogP contribution in [0.3, 0.4) is 0 Å². The van der Waals surface area contributed by atoms with Gasteiger partial charge in [-0.2, -0.15) is 0 Å². The van der Waals surface area contributed by atoms with E-state index in [0.717, 1.165) is 0 Å². The Labute approximate surface area is 178 Å². The molecule has 0 amide bonds. The molecule has 8 heteroatoms. The Kier molecular flexibility index (Phi) is 7.62. The van der Waals surface area contributed by atoms with Crippen molar-refractivity contribution in [2.45, 2.75) is 70.2 Å². The molecule has 0 unspecified atom stereocenters. The largest absolute Gasteiger partial charge is 0.457 e. The van der Waals surface area contributed by atoms with Crippen LogP contribution in [0.15, 0.2) is 42.0 Å². The summed E-state index contributed by atoms with van der Waals surface area (Å²) in [5.41, 5.74) is 0.753. The van der Waals surface area contributed by atoms with Gasteiger partial charge in [-0.05, 0) is 36.3 Å². The average Bonchev–Trinajstić information content (AvgIpc) is 2.65.